The minimum Gasteiger partial charge on any atom is -0.330 e. The third-order valence-corrected chi connectivity index (χ3v) is 4.70. The van der Waals surface area contributed by atoms with E-state index in [2.05, 4.69) is 57.3 Å². The summed E-state index contributed by atoms with van der Waals surface area (Å²) < 4.78 is 0. The number of hydrogen-bond donors (Lipinski definition) is 2. The molecule has 0 saturated heterocycles. The van der Waals surface area contributed by atoms with Gasteiger partial charge in [0, 0.05) is 12.1 Å². The summed E-state index contributed by atoms with van der Waals surface area (Å²) >= 11 is 0. The summed E-state index contributed by atoms with van der Waals surface area (Å²) in [5.74, 6) is 0.659. The van der Waals surface area contributed by atoms with Crippen LogP contribution in [0.1, 0.15) is 64.1 Å². The quantitative estimate of drug-likeness (QED) is 0.877. The van der Waals surface area contributed by atoms with Gasteiger partial charge in [0.25, 0.3) is 0 Å². The van der Waals surface area contributed by atoms with Crippen LogP contribution in [0.25, 0.3) is 0 Å². The molecule has 0 spiro atoms. The Kier molecular flexibility index (Phi) is 4.87. The Morgan fingerprint density at radius 2 is 1.85 bits per heavy atom. The minimum absolute atomic E-state index is 0.227. The summed E-state index contributed by atoms with van der Waals surface area (Å²) in [7, 11) is 0. The van der Waals surface area contributed by atoms with Crippen molar-refractivity contribution >= 4 is 0 Å². The Bertz CT molecular complexity index is 416. The van der Waals surface area contributed by atoms with Crippen LogP contribution < -0.4 is 11.1 Å². The van der Waals surface area contributed by atoms with Gasteiger partial charge in [-0.05, 0) is 48.8 Å². The lowest BCUT2D eigenvalue weighted by atomic mass is 9.86. The molecule has 1 aliphatic carbocycles. The van der Waals surface area contributed by atoms with E-state index >= 15 is 0 Å². The normalized spacial score (nSPS) is 24.9. The van der Waals surface area contributed by atoms with Gasteiger partial charge in [0.2, 0.25) is 0 Å². The van der Waals surface area contributed by atoms with Crippen molar-refractivity contribution in [2.75, 3.05) is 6.54 Å². The fourth-order valence-electron chi connectivity index (χ4n) is 3.23. The molecular formula is C18H30N2. The molecule has 0 aliphatic heterocycles. The second-order valence-corrected chi connectivity index (χ2v) is 7.29. The molecule has 0 heterocycles. The van der Waals surface area contributed by atoms with Crippen molar-refractivity contribution < 1.29 is 0 Å². The second kappa shape index (κ2) is 6.28. The van der Waals surface area contributed by atoms with E-state index in [1.165, 1.54) is 30.4 Å². The highest BCUT2D eigenvalue weighted by molar-refractivity contribution is 5.29. The molecule has 1 fully saturated rings. The minimum atomic E-state index is 0.227. The lowest BCUT2D eigenvalue weighted by molar-refractivity contribution is 0.373. The van der Waals surface area contributed by atoms with E-state index in [0.717, 1.165) is 6.54 Å². The van der Waals surface area contributed by atoms with Gasteiger partial charge >= 0.3 is 0 Å². The number of rotatable bonds is 4. The van der Waals surface area contributed by atoms with Crippen LogP contribution >= 0.6 is 0 Å². The molecule has 3 atom stereocenters. The van der Waals surface area contributed by atoms with E-state index in [0.29, 0.717) is 18.0 Å². The largest absolute Gasteiger partial charge is 0.330 e. The second-order valence-electron chi connectivity index (χ2n) is 7.29. The highest BCUT2D eigenvalue weighted by Crippen LogP contribution is 2.28. The maximum atomic E-state index is 5.87. The third kappa shape index (κ3) is 3.62. The van der Waals surface area contributed by atoms with Gasteiger partial charge in [-0.25, -0.2) is 0 Å². The van der Waals surface area contributed by atoms with Crippen LogP contribution in [-0.4, -0.2) is 12.6 Å². The van der Waals surface area contributed by atoms with Crippen molar-refractivity contribution in [3.63, 3.8) is 0 Å². The zero-order valence-electron chi connectivity index (χ0n) is 13.4. The monoisotopic (exact) mass is 274 g/mol. The van der Waals surface area contributed by atoms with Crippen LogP contribution in [0.5, 0.6) is 0 Å². The van der Waals surface area contributed by atoms with Crippen LogP contribution in [0.3, 0.4) is 0 Å². The Balaban J connectivity index is 2.00. The highest BCUT2D eigenvalue weighted by Gasteiger charge is 2.27. The van der Waals surface area contributed by atoms with Gasteiger partial charge in [-0.15, -0.1) is 0 Å². The van der Waals surface area contributed by atoms with Gasteiger partial charge in [-0.2, -0.15) is 0 Å². The van der Waals surface area contributed by atoms with Crippen molar-refractivity contribution in [3.8, 4) is 0 Å². The van der Waals surface area contributed by atoms with Gasteiger partial charge in [0.05, 0.1) is 0 Å². The predicted molar refractivity (Wildman–Crippen MR) is 86.9 cm³/mol. The van der Waals surface area contributed by atoms with E-state index in [9.17, 15) is 0 Å². The molecule has 3 unspecified atom stereocenters. The van der Waals surface area contributed by atoms with Gasteiger partial charge in [-0.1, -0.05) is 51.5 Å². The van der Waals surface area contributed by atoms with Crippen molar-refractivity contribution in [3.05, 3.63) is 35.4 Å². The first kappa shape index (κ1) is 15.5. The van der Waals surface area contributed by atoms with Crippen LogP contribution in [0.2, 0.25) is 0 Å². The van der Waals surface area contributed by atoms with Crippen LogP contribution in [0.4, 0.5) is 0 Å². The fourth-order valence-corrected chi connectivity index (χ4v) is 3.23. The van der Waals surface area contributed by atoms with Crippen molar-refractivity contribution in [1.29, 1.82) is 0 Å². The Morgan fingerprint density at radius 3 is 2.40 bits per heavy atom. The first-order chi connectivity index (χ1) is 9.41. The Hall–Kier alpha value is -0.860. The van der Waals surface area contributed by atoms with E-state index < -0.39 is 0 Å². The lowest BCUT2D eigenvalue weighted by Crippen LogP contribution is -2.37. The molecule has 0 bridgehead atoms. The molecule has 0 amide bonds. The van der Waals surface area contributed by atoms with Crippen molar-refractivity contribution in [1.82, 2.24) is 5.32 Å². The first-order valence-electron chi connectivity index (χ1n) is 7.98. The summed E-state index contributed by atoms with van der Waals surface area (Å²) in [6.07, 6.45) is 3.87. The molecule has 2 nitrogen and oxygen atoms in total. The van der Waals surface area contributed by atoms with Gasteiger partial charge < -0.3 is 11.1 Å². The van der Waals surface area contributed by atoms with E-state index in [4.69, 9.17) is 5.73 Å². The molecule has 2 heteroatoms. The zero-order valence-corrected chi connectivity index (χ0v) is 13.4. The summed E-state index contributed by atoms with van der Waals surface area (Å²) in [5, 5.41) is 3.77. The van der Waals surface area contributed by atoms with Crippen molar-refractivity contribution in [2.45, 2.75) is 64.5 Å². The molecule has 0 aromatic heterocycles. The smallest absolute Gasteiger partial charge is 0.0294 e. The Morgan fingerprint density at radius 1 is 1.20 bits per heavy atom. The summed E-state index contributed by atoms with van der Waals surface area (Å²) in [6, 6.07) is 10.1. The van der Waals surface area contributed by atoms with Crippen molar-refractivity contribution in [2.24, 2.45) is 11.7 Å². The molecule has 1 aliphatic rings. The number of benzene rings is 1. The van der Waals surface area contributed by atoms with Gasteiger partial charge in [0.15, 0.2) is 0 Å². The average Bonchev–Trinajstić information content (AvgIpc) is 2.85. The topological polar surface area (TPSA) is 38.0 Å². The van der Waals surface area contributed by atoms with Gasteiger partial charge in [-0.3, -0.25) is 0 Å². The zero-order chi connectivity index (χ0) is 14.8. The Labute approximate surface area is 124 Å². The van der Waals surface area contributed by atoms with Crippen LogP contribution in [0, 0.1) is 5.92 Å². The molecule has 20 heavy (non-hydrogen) atoms. The highest BCUT2D eigenvalue weighted by atomic mass is 15.0. The molecular weight excluding hydrogens is 244 g/mol. The maximum absolute atomic E-state index is 5.87. The SMILES string of the molecule is CC(NC1CCCC1CN)c1ccc(C(C)(C)C)cc1. The van der Waals surface area contributed by atoms with Crippen LogP contribution in [0.15, 0.2) is 24.3 Å². The third-order valence-electron chi connectivity index (χ3n) is 4.70. The van der Waals surface area contributed by atoms with Crippen LogP contribution in [-0.2, 0) is 5.41 Å². The first-order valence-corrected chi connectivity index (χ1v) is 7.98. The van der Waals surface area contributed by atoms with E-state index in [1.807, 2.05) is 0 Å². The summed E-state index contributed by atoms with van der Waals surface area (Å²) in [5.41, 5.74) is 8.87. The molecule has 112 valence electrons. The number of nitrogens with two attached hydrogens (primary N) is 1. The maximum Gasteiger partial charge on any atom is 0.0294 e. The summed E-state index contributed by atoms with van der Waals surface area (Å²) in [4.78, 5) is 0. The van der Waals surface area contributed by atoms with E-state index in [-0.39, 0.29) is 5.41 Å². The predicted octanol–water partition coefficient (Wildman–Crippen LogP) is 3.76. The molecule has 1 aromatic rings. The molecule has 1 aromatic carbocycles. The standard InChI is InChI=1S/C18H30N2/c1-13(20-17-7-5-6-15(17)12-19)14-8-10-16(11-9-14)18(2,3)4/h8-11,13,15,17,20H,5-7,12,19H2,1-4H3. The average molecular weight is 274 g/mol. The number of nitrogens with one attached hydrogen (secondary N) is 1. The summed E-state index contributed by atoms with van der Waals surface area (Å²) in [6.45, 7) is 9.85. The fraction of sp³-hybridized carbons (Fsp3) is 0.667. The van der Waals surface area contributed by atoms with E-state index in [1.54, 1.807) is 0 Å². The molecule has 1 saturated carbocycles. The molecule has 2 rings (SSSR count). The molecule has 3 N–H and O–H groups in total. The lowest BCUT2D eigenvalue weighted by Gasteiger charge is -2.25. The molecule has 0 radical (unpaired) electrons. The number of hydrogen-bond acceptors (Lipinski definition) is 2. The van der Waals surface area contributed by atoms with Gasteiger partial charge in [0.1, 0.15) is 0 Å².